The summed E-state index contributed by atoms with van der Waals surface area (Å²) in [5.74, 6) is -0.179. The van der Waals surface area contributed by atoms with Gasteiger partial charge in [-0.05, 0) is 18.3 Å². The average molecular weight is 257 g/mol. The van der Waals surface area contributed by atoms with Gasteiger partial charge in [-0.3, -0.25) is 9.59 Å². The first-order valence-electron chi connectivity index (χ1n) is 6.70. The van der Waals surface area contributed by atoms with Crippen LogP contribution in [0.1, 0.15) is 47.5 Å². The van der Waals surface area contributed by atoms with Crippen molar-refractivity contribution in [3.05, 3.63) is 0 Å². The maximum Gasteiger partial charge on any atom is 0.306 e. The molecule has 0 bridgehead atoms. The number of hydrogen-bond donors (Lipinski definition) is 1. The third kappa shape index (κ3) is 5.52. The van der Waals surface area contributed by atoms with Crippen molar-refractivity contribution < 1.29 is 14.3 Å². The fraction of sp³-hybridized carbons (Fsp3) is 0.857. The molecule has 0 rings (SSSR count). The highest BCUT2D eigenvalue weighted by molar-refractivity contribution is 5.84. The molecule has 0 aliphatic heterocycles. The van der Waals surface area contributed by atoms with Crippen molar-refractivity contribution in [1.82, 2.24) is 5.32 Å². The number of esters is 1. The van der Waals surface area contributed by atoms with Crippen LogP contribution in [0.5, 0.6) is 0 Å². The molecule has 0 fully saturated rings. The normalized spacial score (nSPS) is 14.4. The van der Waals surface area contributed by atoms with E-state index in [2.05, 4.69) is 30.8 Å². The van der Waals surface area contributed by atoms with E-state index in [1.165, 1.54) is 7.11 Å². The first-order chi connectivity index (χ1) is 8.33. The number of carbonyl (C=O) groups excluding carboxylic acids is 2. The lowest BCUT2D eigenvalue weighted by Gasteiger charge is -2.25. The van der Waals surface area contributed by atoms with Crippen molar-refractivity contribution in [2.24, 2.45) is 17.8 Å². The second kappa shape index (κ2) is 8.11. The molecule has 0 aliphatic rings. The number of methoxy groups -OCH3 is 1. The summed E-state index contributed by atoms with van der Waals surface area (Å²) >= 11 is 0. The smallest absolute Gasteiger partial charge is 0.306 e. The van der Waals surface area contributed by atoms with Crippen LogP contribution in [0.3, 0.4) is 0 Å². The molecule has 0 radical (unpaired) electrons. The molecule has 0 aromatic carbocycles. The number of amides is 1. The molecule has 0 unspecified atom stereocenters. The zero-order chi connectivity index (χ0) is 14.3. The monoisotopic (exact) mass is 257 g/mol. The SMILES string of the molecule is CC[C@H](NC(=O)[C@H](CC(=O)OC)C(C)C)C(C)C. The molecule has 4 nitrogen and oxygen atoms in total. The lowest BCUT2D eigenvalue weighted by atomic mass is 9.90. The van der Waals surface area contributed by atoms with Crippen LogP contribution in [0.25, 0.3) is 0 Å². The Morgan fingerprint density at radius 2 is 1.67 bits per heavy atom. The fourth-order valence-electron chi connectivity index (χ4n) is 1.92. The molecule has 0 saturated heterocycles. The Morgan fingerprint density at radius 3 is 2.00 bits per heavy atom. The molecule has 1 N–H and O–H groups in total. The summed E-state index contributed by atoms with van der Waals surface area (Å²) in [5, 5.41) is 3.03. The van der Waals surface area contributed by atoms with Crippen LogP contribution in [-0.4, -0.2) is 25.0 Å². The molecule has 0 saturated carbocycles. The van der Waals surface area contributed by atoms with Crippen molar-refractivity contribution in [2.75, 3.05) is 7.11 Å². The van der Waals surface area contributed by atoms with Crippen LogP contribution in [0.15, 0.2) is 0 Å². The summed E-state index contributed by atoms with van der Waals surface area (Å²) < 4.78 is 4.64. The van der Waals surface area contributed by atoms with Gasteiger partial charge in [-0.2, -0.15) is 0 Å². The van der Waals surface area contributed by atoms with Crippen molar-refractivity contribution in [2.45, 2.75) is 53.5 Å². The highest BCUT2D eigenvalue weighted by Gasteiger charge is 2.27. The molecular formula is C14H27NO3. The highest BCUT2D eigenvalue weighted by Crippen LogP contribution is 2.17. The maximum atomic E-state index is 12.2. The number of rotatable bonds is 7. The predicted octanol–water partition coefficient (Wildman–Crippen LogP) is 2.37. The van der Waals surface area contributed by atoms with E-state index in [1.54, 1.807) is 0 Å². The van der Waals surface area contributed by atoms with Crippen LogP contribution in [-0.2, 0) is 14.3 Å². The molecule has 0 aliphatic carbocycles. The summed E-state index contributed by atoms with van der Waals surface area (Å²) in [4.78, 5) is 23.5. The first-order valence-corrected chi connectivity index (χ1v) is 6.70. The molecular weight excluding hydrogens is 230 g/mol. The van der Waals surface area contributed by atoms with Gasteiger partial charge in [-0.1, -0.05) is 34.6 Å². The summed E-state index contributed by atoms with van der Waals surface area (Å²) in [6.07, 6.45) is 1.04. The van der Waals surface area contributed by atoms with E-state index < -0.39 is 0 Å². The number of ether oxygens (including phenoxy) is 1. The van der Waals surface area contributed by atoms with Crippen LogP contribution < -0.4 is 5.32 Å². The average Bonchev–Trinajstić information content (AvgIpc) is 2.31. The van der Waals surface area contributed by atoms with Crippen molar-refractivity contribution in [1.29, 1.82) is 0 Å². The Labute approximate surface area is 110 Å². The van der Waals surface area contributed by atoms with Crippen LogP contribution in [0, 0.1) is 17.8 Å². The lowest BCUT2D eigenvalue weighted by Crippen LogP contribution is -2.43. The van der Waals surface area contributed by atoms with E-state index in [0.29, 0.717) is 5.92 Å². The molecule has 18 heavy (non-hydrogen) atoms. The Hall–Kier alpha value is -1.06. The topological polar surface area (TPSA) is 55.4 Å². The van der Waals surface area contributed by atoms with E-state index in [0.717, 1.165) is 6.42 Å². The van der Waals surface area contributed by atoms with Gasteiger partial charge in [0.25, 0.3) is 0 Å². The molecule has 1 amide bonds. The van der Waals surface area contributed by atoms with E-state index in [1.807, 2.05) is 13.8 Å². The van der Waals surface area contributed by atoms with E-state index in [4.69, 9.17) is 0 Å². The zero-order valence-electron chi connectivity index (χ0n) is 12.4. The van der Waals surface area contributed by atoms with Gasteiger partial charge in [0.1, 0.15) is 0 Å². The van der Waals surface area contributed by atoms with E-state index >= 15 is 0 Å². The second-order valence-corrected chi connectivity index (χ2v) is 5.40. The lowest BCUT2D eigenvalue weighted by molar-refractivity contribution is -0.145. The Balaban J connectivity index is 4.61. The van der Waals surface area contributed by atoms with Gasteiger partial charge in [0, 0.05) is 6.04 Å². The molecule has 0 aromatic heterocycles. The number of hydrogen-bond acceptors (Lipinski definition) is 3. The minimum absolute atomic E-state index is 0.0454. The quantitative estimate of drug-likeness (QED) is 0.712. The minimum Gasteiger partial charge on any atom is -0.469 e. The molecule has 0 aromatic rings. The predicted molar refractivity (Wildman–Crippen MR) is 72.0 cm³/mol. The Kier molecular flexibility index (Phi) is 7.64. The van der Waals surface area contributed by atoms with Crippen molar-refractivity contribution in [3.63, 3.8) is 0 Å². The second-order valence-electron chi connectivity index (χ2n) is 5.40. The molecule has 0 spiro atoms. The Bertz CT molecular complexity index is 274. The standard InChI is InChI=1S/C14H27NO3/c1-7-12(10(4)5)15-14(17)11(9(2)3)8-13(16)18-6/h9-12H,7-8H2,1-6H3,(H,15,17)/t11-,12+/m1/s1. The van der Waals surface area contributed by atoms with Gasteiger partial charge < -0.3 is 10.1 Å². The highest BCUT2D eigenvalue weighted by atomic mass is 16.5. The molecule has 4 heteroatoms. The van der Waals surface area contributed by atoms with E-state index in [-0.39, 0.29) is 36.2 Å². The van der Waals surface area contributed by atoms with Crippen molar-refractivity contribution in [3.8, 4) is 0 Å². The van der Waals surface area contributed by atoms with Crippen LogP contribution >= 0.6 is 0 Å². The van der Waals surface area contributed by atoms with Gasteiger partial charge in [-0.25, -0.2) is 0 Å². The van der Waals surface area contributed by atoms with Crippen LogP contribution in [0.2, 0.25) is 0 Å². The minimum atomic E-state index is -0.332. The third-order valence-electron chi connectivity index (χ3n) is 3.33. The molecule has 0 heterocycles. The van der Waals surface area contributed by atoms with Gasteiger partial charge in [0.15, 0.2) is 0 Å². The van der Waals surface area contributed by atoms with Gasteiger partial charge in [-0.15, -0.1) is 0 Å². The Morgan fingerprint density at radius 1 is 1.11 bits per heavy atom. The molecule has 2 atom stereocenters. The summed E-state index contributed by atoms with van der Waals surface area (Å²) in [5.41, 5.74) is 0. The van der Waals surface area contributed by atoms with Crippen LogP contribution in [0.4, 0.5) is 0 Å². The van der Waals surface area contributed by atoms with Crippen molar-refractivity contribution >= 4 is 11.9 Å². The largest absolute Gasteiger partial charge is 0.469 e. The number of nitrogens with one attached hydrogen (secondary N) is 1. The van der Waals surface area contributed by atoms with Gasteiger partial charge in [0.2, 0.25) is 5.91 Å². The van der Waals surface area contributed by atoms with E-state index in [9.17, 15) is 9.59 Å². The van der Waals surface area contributed by atoms with Gasteiger partial charge >= 0.3 is 5.97 Å². The third-order valence-corrected chi connectivity index (χ3v) is 3.33. The maximum absolute atomic E-state index is 12.2. The fourth-order valence-corrected chi connectivity index (χ4v) is 1.92. The summed E-state index contributed by atoms with van der Waals surface area (Å²) in [6, 6.07) is 0.163. The number of carbonyl (C=O) groups is 2. The first kappa shape index (κ1) is 16.9. The summed E-state index contributed by atoms with van der Waals surface area (Å²) in [7, 11) is 1.35. The molecule has 106 valence electrons. The zero-order valence-corrected chi connectivity index (χ0v) is 12.4. The van der Waals surface area contributed by atoms with Gasteiger partial charge in [0.05, 0.1) is 19.4 Å². The summed E-state index contributed by atoms with van der Waals surface area (Å²) in [6.45, 7) is 10.1.